The zero-order valence-corrected chi connectivity index (χ0v) is 10.3. The fraction of sp³-hybridized carbons (Fsp3) is 0.545. The first-order valence-corrected chi connectivity index (χ1v) is 6.15. The van der Waals surface area contributed by atoms with Crippen molar-refractivity contribution in [2.24, 2.45) is 11.7 Å². The smallest absolute Gasteiger partial charge is 0.128 e. The Labute approximate surface area is 98.8 Å². The van der Waals surface area contributed by atoms with Crippen molar-refractivity contribution in [1.82, 2.24) is 4.98 Å². The summed E-state index contributed by atoms with van der Waals surface area (Å²) in [5, 5.41) is 0. The SMILES string of the molecule is NCC1CCCN(c2ccc(Br)cn2)C1. The lowest BCUT2D eigenvalue weighted by atomic mass is 9.98. The summed E-state index contributed by atoms with van der Waals surface area (Å²) in [6, 6.07) is 4.09. The zero-order chi connectivity index (χ0) is 10.7. The molecule has 0 radical (unpaired) electrons. The zero-order valence-electron chi connectivity index (χ0n) is 8.69. The summed E-state index contributed by atoms with van der Waals surface area (Å²) in [5.74, 6) is 1.69. The van der Waals surface area contributed by atoms with Crippen molar-refractivity contribution in [3.63, 3.8) is 0 Å². The number of aromatic nitrogens is 1. The minimum atomic E-state index is 0.629. The van der Waals surface area contributed by atoms with E-state index in [9.17, 15) is 0 Å². The van der Waals surface area contributed by atoms with Gasteiger partial charge in [-0.05, 0) is 53.4 Å². The lowest BCUT2D eigenvalue weighted by molar-refractivity contribution is 0.421. The maximum absolute atomic E-state index is 5.71. The van der Waals surface area contributed by atoms with Crippen molar-refractivity contribution in [1.29, 1.82) is 0 Å². The maximum atomic E-state index is 5.71. The Balaban J connectivity index is 2.06. The molecule has 0 saturated carbocycles. The quantitative estimate of drug-likeness (QED) is 0.894. The largest absolute Gasteiger partial charge is 0.356 e. The number of hydrogen-bond donors (Lipinski definition) is 1. The van der Waals surface area contributed by atoms with Crippen LogP contribution in [0.1, 0.15) is 12.8 Å². The highest BCUT2D eigenvalue weighted by Crippen LogP contribution is 2.21. The van der Waals surface area contributed by atoms with E-state index in [1.807, 2.05) is 12.3 Å². The van der Waals surface area contributed by atoms with Gasteiger partial charge in [0.1, 0.15) is 5.82 Å². The number of nitrogens with zero attached hydrogens (tertiary/aromatic N) is 2. The molecule has 1 aromatic heterocycles. The fourth-order valence-electron chi connectivity index (χ4n) is 2.02. The highest BCUT2D eigenvalue weighted by atomic mass is 79.9. The van der Waals surface area contributed by atoms with Crippen LogP contribution in [0.3, 0.4) is 0 Å². The Bertz CT molecular complexity index is 312. The van der Waals surface area contributed by atoms with Gasteiger partial charge in [0.25, 0.3) is 0 Å². The topological polar surface area (TPSA) is 42.1 Å². The van der Waals surface area contributed by atoms with E-state index >= 15 is 0 Å². The average molecular weight is 270 g/mol. The van der Waals surface area contributed by atoms with Crippen LogP contribution in [0.5, 0.6) is 0 Å². The van der Waals surface area contributed by atoms with E-state index in [1.165, 1.54) is 12.8 Å². The number of anilines is 1. The predicted molar refractivity (Wildman–Crippen MR) is 65.9 cm³/mol. The summed E-state index contributed by atoms with van der Waals surface area (Å²) in [5.41, 5.74) is 5.71. The first-order chi connectivity index (χ1) is 7.29. The van der Waals surface area contributed by atoms with E-state index in [-0.39, 0.29) is 0 Å². The van der Waals surface area contributed by atoms with Gasteiger partial charge in [0, 0.05) is 23.8 Å². The monoisotopic (exact) mass is 269 g/mol. The van der Waals surface area contributed by atoms with E-state index in [2.05, 4.69) is 31.9 Å². The van der Waals surface area contributed by atoms with E-state index in [0.717, 1.165) is 29.9 Å². The molecule has 0 bridgehead atoms. The van der Waals surface area contributed by atoms with Gasteiger partial charge in [0.15, 0.2) is 0 Å². The minimum Gasteiger partial charge on any atom is -0.356 e. The van der Waals surface area contributed by atoms with Crippen LogP contribution in [0.15, 0.2) is 22.8 Å². The Hall–Kier alpha value is -0.610. The van der Waals surface area contributed by atoms with Gasteiger partial charge in [-0.3, -0.25) is 0 Å². The van der Waals surface area contributed by atoms with E-state index in [1.54, 1.807) is 0 Å². The van der Waals surface area contributed by atoms with Crippen LogP contribution >= 0.6 is 15.9 Å². The van der Waals surface area contributed by atoms with Crippen LogP contribution in [-0.2, 0) is 0 Å². The molecule has 1 fully saturated rings. The molecule has 2 heterocycles. The van der Waals surface area contributed by atoms with Crippen molar-refractivity contribution >= 4 is 21.7 Å². The molecular weight excluding hydrogens is 254 g/mol. The fourth-order valence-corrected chi connectivity index (χ4v) is 2.26. The van der Waals surface area contributed by atoms with Crippen LogP contribution < -0.4 is 10.6 Å². The summed E-state index contributed by atoms with van der Waals surface area (Å²) < 4.78 is 1.03. The van der Waals surface area contributed by atoms with Gasteiger partial charge in [-0.25, -0.2) is 4.98 Å². The molecule has 82 valence electrons. The normalized spacial score (nSPS) is 21.7. The van der Waals surface area contributed by atoms with Crippen molar-refractivity contribution in [3.8, 4) is 0 Å². The van der Waals surface area contributed by atoms with Gasteiger partial charge in [-0.2, -0.15) is 0 Å². The molecule has 3 nitrogen and oxygen atoms in total. The van der Waals surface area contributed by atoms with Crippen LogP contribution in [0.4, 0.5) is 5.82 Å². The standard InChI is InChI=1S/C11H16BrN3/c12-10-3-4-11(14-7-10)15-5-1-2-9(6-13)8-15/h3-4,7,9H,1-2,5-6,8,13H2. The number of hydrogen-bond acceptors (Lipinski definition) is 3. The summed E-state index contributed by atoms with van der Waals surface area (Å²) in [6.45, 7) is 2.93. The van der Waals surface area contributed by atoms with Crippen molar-refractivity contribution < 1.29 is 0 Å². The highest BCUT2D eigenvalue weighted by Gasteiger charge is 2.19. The van der Waals surface area contributed by atoms with Gasteiger partial charge in [0.05, 0.1) is 0 Å². The van der Waals surface area contributed by atoms with Gasteiger partial charge in [-0.1, -0.05) is 0 Å². The van der Waals surface area contributed by atoms with Gasteiger partial charge in [-0.15, -0.1) is 0 Å². The lowest BCUT2D eigenvalue weighted by Gasteiger charge is -2.32. The molecule has 4 heteroatoms. The van der Waals surface area contributed by atoms with Crippen LogP contribution in [0.25, 0.3) is 0 Å². The molecule has 1 aliphatic heterocycles. The van der Waals surface area contributed by atoms with Crippen LogP contribution in [0, 0.1) is 5.92 Å². The molecule has 0 amide bonds. The Morgan fingerprint density at radius 3 is 3.07 bits per heavy atom. The highest BCUT2D eigenvalue weighted by molar-refractivity contribution is 9.10. The number of nitrogens with two attached hydrogens (primary N) is 1. The third kappa shape index (κ3) is 2.69. The summed E-state index contributed by atoms with van der Waals surface area (Å²) in [7, 11) is 0. The lowest BCUT2D eigenvalue weighted by Crippen LogP contribution is -2.38. The van der Waals surface area contributed by atoms with Gasteiger partial charge in [0.2, 0.25) is 0 Å². The molecule has 1 saturated heterocycles. The second-order valence-electron chi connectivity index (χ2n) is 4.02. The van der Waals surface area contributed by atoms with Crippen molar-refractivity contribution in [2.75, 3.05) is 24.5 Å². The van der Waals surface area contributed by atoms with E-state index < -0.39 is 0 Å². The molecule has 0 spiro atoms. The third-order valence-corrected chi connectivity index (χ3v) is 3.36. The molecule has 1 atom stereocenters. The molecule has 0 aromatic carbocycles. The van der Waals surface area contributed by atoms with Crippen molar-refractivity contribution in [3.05, 3.63) is 22.8 Å². The Morgan fingerprint density at radius 1 is 1.53 bits per heavy atom. The van der Waals surface area contributed by atoms with Gasteiger partial charge >= 0.3 is 0 Å². The Morgan fingerprint density at radius 2 is 2.40 bits per heavy atom. The molecule has 2 rings (SSSR count). The molecule has 2 N–H and O–H groups in total. The Kier molecular flexibility index (Phi) is 3.59. The predicted octanol–water partition coefficient (Wildman–Crippen LogP) is 2.02. The van der Waals surface area contributed by atoms with E-state index in [0.29, 0.717) is 5.92 Å². The first kappa shape index (κ1) is 10.9. The summed E-state index contributed by atoms with van der Waals surface area (Å²) in [4.78, 5) is 6.74. The average Bonchev–Trinajstić information content (AvgIpc) is 2.30. The number of rotatable bonds is 2. The second kappa shape index (κ2) is 4.94. The molecule has 15 heavy (non-hydrogen) atoms. The number of halogens is 1. The molecule has 1 unspecified atom stereocenters. The van der Waals surface area contributed by atoms with Crippen LogP contribution in [-0.4, -0.2) is 24.6 Å². The first-order valence-electron chi connectivity index (χ1n) is 5.36. The minimum absolute atomic E-state index is 0.629. The summed E-state index contributed by atoms with van der Waals surface area (Å²) in [6.07, 6.45) is 4.32. The number of piperidine rings is 1. The van der Waals surface area contributed by atoms with E-state index in [4.69, 9.17) is 5.73 Å². The third-order valence-electron chi connectivity index (χ3n) is 2.89. The van der Waals surface area contributed by atoms with Crippen LogP contribution in [0.2, 0.25) is 0 Å². The molecule has 1 aliphatic rings. The molecule has 0 aliphatic carbocycles. The number of pyridine rings is 1. The molecule has 1 aromatic rings. The van der Waals surface area contributed by atoms with Gasteiger partial charge < -0.3 is 10.6 Å². The maximum Gasteiger partial charge on any atom is 0.128 e. The molecular formula is C11H16BrN3. The second-order valence-corrected chi connectivity index (χ2v) is 4.94. The van der Waals surface area contributed by atoms with Crippen molar-refractivity contribution in [2.45, 2.75) is 12.8 Å². The summed E-state index contributed by atoms with van der Waals surface area (Å²) >= 11 is 3.39.